The standard InChI is InChI=1S/C23H26N2O5/c1-23(2,3)16-11-9-15(10-12-16)21(27)25-18-8-6-7-17(13-18)24-19(22(28)30-5)14-20(26)29-4/h6-14,24H,1-5H3,(H,25,27)/b19-14+. The number of ether oxygens (including phenoxy) is 2. The van der Waals surface area contributed by atoms with Gasteiger partial charge in [0, 0.05) is 16.9 Å². The summed E-state index contributed by atoms with van der Waals surface area (Å²) in [5.74, 6) is -1.69. The van der Waals surface area contributed by atoms with Crippen LogP contribution in [0, 0.1) is 0 Å². The SMILES string of the molecule is COC(=O)/C=C(/Nc1cccc(NC(=O)c2ccc(C(C)(C)C)cc2)c1)C(=O)OC. The Kier molecular flexibility index (Phi) is 7.36. The van der Waals surface area contributed by atoms with Crippen molar-refractivity contribution in [3.63, 3.8) is 0 Å². The highest BCUT2D eigenvalue weighted by Gasteiger charge is 2.15. The summed E-state index contributed by atoms with van der Waals surface area (Å²) in [4.78, 5) is 35.9. The molecule has 0 spiro atoms. The second-order valence-corrected chi connectivity index (χ2v) is 7.56. The van der Waals surface area contributed by atoms with Crippen molar-refractivity contribution in [3.8, 4) is 0 Å². The van der Waals surface area contributed by atoms with Gasteiger partial charge >= 0.3 is 11.9 Å². The van der Waals surface area contributed by atoms with Crippen molar-refractivity contribution < 1.29 is 23.9 Å². The minimum atomic E-state index is -0.728. The van der Waals surface area contributed by atoms with Gasteiger partial charge in [-0.1, -0.05) is 39.0 Å². The Bertz CT molecular complexity index is 956. The molecule has 0 fully saturated rings. The maximum absolute atomic E-state index is 12.6. The fourth-order valence-electron chi connectivity index (χ4n) is 2.59. The van der Waals surface area contributed by atoms with Crippen molar-refractivity contribution in [1.29, 1.82) is 0 Å². The first-order valence-electron chi connectivity index (χ1n) is 9.31. The third kappa shape index (κ3) is 6.20. The average molecular weight is 410 g/mol. The minimum absolute atomic E-state index is 0.00404. The van der Waals surface area contributed by atoms with Crippen molar-refractivity contribution in [1.82, 2.24) is 0 Å². The van der Waals surface area contributed by atoms with Gasteiger partial charge in [0.2, 0.25) is 0 Å². The quantitative estimate of drug-likeness (QED) is 0.555. The average Bonchev–Trinajstić information content (AvgIpc) is 2.72. The monoisotopic (exact) mass is 410 g/mol. The number of esters is 2. The zero-order chi connectivity index (χ0) is 22.3. The Hall–Kier alpha value is -3.61. The number of rotatable bonds is 6. The van der Waals surface area contributed by atoms with E-state index in [1.54, 1.807) is 36.4 Å². The van der Waals surface area contributed by atoms with E-state index in [0.29, 0.717) is 16.9 Å². The lowest BCUT2D eigenvalue weighted by Crippen LogP contribution is -2.16. The molecule has 30 heavy (non-hydrogen) atoms. The Morgan fingerprint density at radius 2 is 1.47 bits per heavy atom. The van der Waals surface area contributed by atoms with Gasteiger partial charge in [-0.25, -0.2) is 9.59 Å². The number of nitrogens with one attached hydrogen (secondary N) is 2. The molecule has 0 aromatic heterocycles. The van der Waals surface area contributed by atoms with Gasteiger partial charge in [0.25, 0.3) is 5.91 Å². The van der Waals surface area contributed by atoms with E-state index in [1.807, 2.05) is 12.1 Å². The van der Waals surface area contributed by atoms with Gasteiger partial charge in [-0.2, -0.15) is 0 Å². The molecular formula is C23H26N2O5. The topological polar surface area (TPSA) is 93.7 Å². The van der Waals surface area contributed by atoms with Crippen LogP contribution in [0.3, 0.4) is 0 Å². The number of amides is 1. The van der Waals surface area contributed by atoms with Gasteiger partial charge in [-0.05, 0) is 41.3 Å². The number of carbonyl (C=O) groups is 3. The molecule has 0 aliphatic rings. The zero-order valence-corrected chi connectivity index (χ0v) is 17.7. The Morgan fingerprint density at radius 3 is 2.00 bits per heavy atom. The lowest BCUT2D eigenvalue weighted by Gasteiger charge is -2.19. The maximum Gasteiger partial charge on any atom is 0.354 e. The summed E-state index contributed by atoms with van der Waals surface area (Å²) in [5, 5.41) is 5.63. The van der Waals surface area contributed by atoms with Gasteiger partial charge in [0.15, 0.2) is 0 Å². The van der Waals surface area contributed by atoms with Gasteiger partial charge < -0.3 is 20.1 Å². The molecule has 2 aromatic rings. The molecule has 2 aromatic carbocycles. The molecular weight excluding hydrogens is 384 g/mol. The first kappa shape index (κ1) is 22.7. The first-order chi connectivity index (χ1) is 14.1. The summed E-state index contributed by atoms with van der Waals surface area (Å²) < 4.78 is 9.22. The third-order valence-electron chi connectivity index (χ3n) is 4.28. The second-order valence-electron chi connectivity index (χ2n) is 7.56. The summed E-state index contributed by atoms with van der Waals surface area (Å²) >= 11 is 0. The molecule has 0 aliphatic carbocycles. The molecule has 0 unspecified atom stereocenters. The van der Waals surface area contributed by atoms with Crippen LogP contribution in [0.25, 0.3) is 0 Å². The molecule has 0 radical (unpaired) electrons. The third-order valence-corrected chi connectivity index (χ3v) is 4.28. The van der Waals surface area contributed by atoms with Crippen LogP contribution in [-0.4, -0.2) is 32.1 Å². The Morgan fingerprint density at radius 1 is 0.867 bits per heavy atom. The van der Waals surface area contributed by atoms with Crippen molar-refractivity contribution in [2.24, 2.45) is 0 Å². The highest BCUT2D eigenvalue weighted by molar-refractivity contribution is 6.04. The summed E-state index contributed by atoms with van der Waals surface area (Å²) in [7, 11) is 2.41. The molecule has 1 amide bonds. The molecule has 7 heteroatoms. The van der Waals surface area contributed by atoms with Crippen LogP contribution >= 0.6 is 0 Å². The molecule has 0 atom stereocenters. The van der Waals surface area contributed by atoms with Crippen LogP contribution in [0.2, 0.25) is 0 Å². The normalized spacial score (nSPS) is 11.4. The van der Waals surface area contributed by atoms with Crippen LogP contribution in [-0.2, 0) is 24.5 Å². The molecule has 2 N–H and O–H groups in total. The van der Waals surface area contributed by atoms with Gasteiger partial charge in [0.05, 0.1) is 20.3 Å². The molecule has 0 heterocycles. The van der Waals surface area contributed by atoms with E-state index < -0.39 is 11.9 Å². The zero-order valence-electron chi connectivity index (χ0n) is 17.7. The van der Waals surface area contributed by atoms with E-state index in [9.17, 15) is 14.4 Å². The largest absolute Gasteiger partial charge is 0.466 e. The highest BCUT2D eigenvalue weighted by Crippen LogP contribution is 2.23. The van der Waals surface area contributed by atoms with E-state index in [4.69, 9.17) is 0 Å². The first-order valence-corrected chi connectivity index (χ1v) is 9.31. The smallest absolute Gasteiger partial charge is 0.354 e. The number of benzene rings is 2. The van der Waals surface area contributed by atoms with Gasteiger partial charge in [0.1, 0.15) is 5.70 Å². The number of hydrogen-bond acceptors (Lipinski definition) is 6. The van der Waals surface area contributed by atoms with E-state index >= 15 is 0 Å². The molecule has 0 saturated heterocycles. The second kappa shape index (κ2) is 9.73. The fourth-order valence-corrected chi connectivity index (χ4v) is 2.59. The minimum Gasteiger partial charge on any atom is -0.466 e. The van der Waals surface area contributed by atoms with Crippen molar-refractivity contribution >= 4 is 29.2 Å². The summed E-state index contributed by atoms with van der Waals surface area (Å²) in [6.45, 7) is 6.33. The van der Waals surface area contributed by atoms with Gasteiger partial charge in [-0.15, -0.1) is 0 Å². The van der Waals surface area contributed by atoms with Gasteiger partial charge in [-0.3, -0.25) is 4.79 Å². The summed E-state index contributed by atoms with van der Waals surface area (Å²) in [6.07, 6.45) is 0.994. The van der Waals surface area contributed by atoms with Crippen LogP contribution in [0.5, 0.6) is 0 Å². The highest BCUT2D eigenvalue weighted by atomic mass is 16.5. The summed E-state index contributed by atoms with van der Waals surface area (Å²) in [5.41, 5.74) is 2.58. The fraction of sp³-hybridized carbons (Fsp3) is 0.261. The number of methoxy groups -OCH3 is 2. The molecule has 0 saturated carbocycles. The van der Waals surface area contributed by atoms with Crippen molar-refractivity contribution in [2.45, 2.75) is 26.2 Å². The lowest BCUT2D eigenvalue weighted by atomic mass is 9.87. The Balaban J connectivity index is 2.16. The van der Waals surface area contributed by atoms with Crippen LogP contribution < -0.4 is 10.6 Å². The molecule has 7 nitrogen and oxygen atoms in total. The number of hydrogen-bond donors (Lipinski definition) is 2. The lowest BCUT2D eigenvalue weighted by molar-refractivity contribution is -0.138. The van der Waals surface area contributed by atoms with Crippen molar-refractivity contribution in [2.75, 3.05) is 24.9 Å². The van der Waals surface area contributed by atoms with E-state index in [0.717, 1.165) is 11.6 Å². The number of carbonyl (C=O) groups excluding carboxylic acids is 3. The Labute approximate surface area is 176 Å². The molecule has 0 aliphatic heterocycles. The summed E-state index contributed by atoms with van der Waals surface area (Å²) in [6, 6.07) is 14.2. The van der Waals surface area contributed by atoms with E-state index in [1.165, 1.54) is 14.2 Å². The van der Waals surface area contributed by atoms with Crippen LogP contribution in [0.15, 0.2) is 60.3 Å². The molecule has 158 valence electrons. The van der Waals surface area contributed by atoms with Crippen LogP contribution in [0.4, 0.5) is 11.4 Å². The predicted octanol–water partition coefficient (Wildman–Crippen LogP) is 3.88. The van der Waals surface area contributed by atoms with E-state index in [2.05, 4.69) is 40.9 Å². The van der Waals surface area contributed by atoms with Crippen LogP contribution in [0.1, 0.15) is 36.7 Å². The number of anilines is 2. The van der Waals surface area contributed by atoms with E-state index in [-0.39, 0.29) is 17.0 Å². The van der Waals surface area contributed by atoms with Crippen molar-refractivity contribution in [3.05, 3.63) is 71.4 Å². The predicted molar refractivity (Wildman–Crippen MR) is 115 cm³/mol. The molecule has 2 rings (SSSR count). The maximum atomic E-state index is 12.6. The molecule has 0 bridgehead atoms.